The molecular formula is C14H18F3N. The topological polar surface area (TPSA) is 12.0 Å². The predicted octanol–water partition coefficient (Wildman–Crippen LogP) is 4.51. The van der Waals surface area contributed by atoms with Gasteiger partial charge in [-0.1, -0.05) is 20.8 Å². The van der Waals surface area contributed by atoms with Gasteiger partial charge in [0.25, 0.3) is 0 Å². The van der Waals surface area contributed by atoms with Gasteiger partial charge in [0.05, 0.1) is 5.56 Å². The van der Waals surface area contributed by atoms with E-state index in [1.807, 2.05) is 0 Å². The van der Waals surface area contributed by atoms with Crippen LogP contribution in [0.5, 0.6) is 0 Å². The molecule has 1 aliphatic heterocycles. The van der Waals surface area contributed by atoms with Crippen LogP contribution in [0.3, 0.4) is 0 Å². The Bertz CT molecular complexity index is 437. The minimum absolute atomic E-state index is 0.169. The van der Waals surface area contributed by atoms with Crippen molar-refractivity contribution in [3.05, 3.63) is 29.3 Å². The van der Waals surface area contributed by atoms with Crippen molar-refractivity contribution in [2.45, 2.75) is 32.9 Å². The number of nitrogens with one attached hydrogen (secondary N) is 1. The first-order valence-corrected chi connectivity index (χ1v) is 6.25. The quantitative estimate of drug-likeness (QED) is 0.822. The third kappa shape index (κ3) is 2.33. The Morgan fingerprint density at radius 1 is 1.22 bits per heavy atom. The Labute approximate surface area is 105 Å². The summed E-state index contributed by atoms with van der Waals surface area (Å²) in [6.07, 6.45) is -4.26. The highest BCUT2D eigenvalue weighted by molar-refractivity contribution is 5.59. The fourth-order valence-corrected chi connectivity index (χ4v) is 2.47. The van der Waals surface area contributed by atoms with Crippen molar-refractivity contribution in [3.8, 4) is 0 Å². The monoisotopic (exact) mass is 257 g/mol. The Balaban J connectivity index is 2.36. The zero-order valence-electron chi connectivity index (χ0n) is 10.8. The summed E-state index contributed by atoms with van der Waals surface area (Å²) in [6, 6.07) is 4.00. The van der Waals surface area contributed by atoms with Crippen molar-refractivity contribution >= 4 is 5.69 Å². The van der Waals surface area contributed by atoms with Crippen molar-refractivity contribution < 1.29 is 13.2 Å². The van der Waals surface area contributed by atoms with Gasteiger partial charge in [0.1, 0.15) is 0 Å². The molecule has 1 aromatic rings. The molecule has 0 amide bonds. The van der Waals surface area contributed by atoms with E-state index >= 15 is 0 Å². The number of alkyl halides is 3. The molecule has 0 saturated heterocycles. The molecule has 1 aromatic carbocycles. The molecule has 2 rings (SSSR count). The Hall–Kier alpha value is -1.19. The van der Waals surface area contributed by atoms with Gasteiger partial charge in [-0.25, -0.2) is 0 Å². The van der Waals surface area contributed by atoms with Crippen LogP contribution in [0.25, 0.3) is 0 Å². The summed E-state index contributed by atoms with van der Waals surface area (Å²) < 4.78 is 38.2. The highest BCUT2D eigenvalue weighted by atomic mass is 19.4. The Morgan fingerprint density at radius 2 is 1.89 bits per heavy atom. The molecule has 0 bridgehead atoms. The molecule has 0 fully saturated rings. The molecule has 1 nitrogen and oxygen atoms in total. The van der Waals surface area contributed by atoms with E-state index in [4.69, 9.17) is 0 Å². The van der Waals surface area contributed by atoms with Crippen molar-refractivity contribution in [1.29, 1.82) is 0 Å². The highest BCUT2D eigenvalue weighted by Crippen LogP contribution is 2.41. The number of fused-ring (bicyclic) bond motifs is 1. The van der Waals surface area contributed by atoms with Crippen LogP contribution in [0.15, 0.2) is 18.2 Å². The largest absolute Gasteiger partial charge is 0.416 e. The van der Waals surface area contributed by atoms with Crippen LogP contribution in [0.1, 0.15) is 37.8 Å². The number of hydrogen-bond donors (Lipinski definition) is 1. The number of rotatable bonds is 2. The molecule has 0 spiro atoms. The van der Waals surface area contributed by atoms with Crippen molar-refractivity contribution in [3.63, 3.8) is 0 Å². The summed E-state index contributed by atoms with van der Waals surface area (Å²) in [5, 5.41) is 3.20. The van der Waals surface area contributed by atoms with Crippen LogP contribution in [-0.4, -0.2) is 6.54 Å². The van der Waals surface area contributed by atoms with Gasteiger partial charge in [-0.05, 0) is 35.6 Å². The summed E-state index contributed by atoms with van der Waals surface area (Å²) in [4.78, 5) is 0. The minimum Gasteiger partial charge on any atom is -0.384 e. The molecule has 0 aliphatic carbocycles. The number of halogens is 3. The Morgan fingerprint density at radius 3 is 2.44 bits per heavy atom. The molecule has 1 N–H and O–H groups in total. The summed E-state index contributed by atoms with van der Waals surface area (Å²) in [7, 11) is 0. The first-order valence-electron chi connectivity index (χ1n) is 6.25. The second-order valence-electron chi connectivity index (χ2n) is 5.39. The summed E-state index contributed by atoms with van der Waals surface area (Å²) in [5.74, 6) is 0.988. The highest BCUT2D eigenvalue weighted by Gasteiger charge is 2.34. The van der Waals surface area contributed by atoms with Gasteiger partial charge in [-0.3, -0.25) is 0 Å². The molecule has 0 aromatic heterocycles. The lowest BCUT2D eigenvalue weighted by atomic mass is 9.81. The van der Waals surface area contributed by atoms with E-state index in [0.717, 1.165) is 23.9 Å². The van der Waals surface area contributed by atoms with E-state index in [9.17, 15) is 13.2 Å². The van der Waals surface area contributed by atoms with Crippen LogP contribution in [0.4, 0.5) is 18.9 Å². The SMILES string of the molecule is CC(C)C(C)C1CNc2ccc(C(F)(F)F)cc21. The lowest BCUT2D eigenvalue weighted by molar-refractivity contribution is -0.137. The minimum atomic E-state index is -4.26. The van der Waals surface area contributed by atoms with Crippen LogP contribution in [-0.2, 0) is 6.18 Å². The maximum absolute atomic E-state index is 12.7. The lowest BCUT2D eigenvalue weighted by Gasteiger charge is -2.23. The second kappa shape index (κ2) is 4.48. The first kappa shape index (κ1) is 13.2. The average Bonchev–Trinajstić information content (AvgIpc) is 2.69. The fourth-order valence-electron chi connectivity index (χ4n) is 2.47. The second-order valence-corrected chi connectivity index (χ2v) is 5.39. The standard InChI is InChI=1S/C14H18F3N/c1-8(2)9(3)12-7-18-13-5-4-10(6-11(12)13)14(15,16)17/h4-6,8-9,12,18H,7H2,1-3H3. The van der Waals surface area contributed by atoms with Gasteiger partial charge in [-0.15, -0.1) is 0 Å². The molecule has 4 heteroatoms. The zero-order valence-corrected chi connectivity index (χ0v) is 10.8. The molecule has 100 valence electrons. The van der Waals surface area contributed by atoms with Crippen LogP contribution < -0.4 is 5.32 Å². The van der Waals surface area contributed by atoms with Gasteiger partial charge in [0, 0.05) is 18.2 Å². The normalized spacial score (nSPS) is 20.7. The van der Waals surface area contributed by atoms with Crippen LogP contribution in [0, 0.1) is 11.8 Å². The number of hydrogen-bond acceptors (Lipinski definition) is 1. The van der Waals surface area contributed by atoms with E-state index in [2.05, 4.69) is 26.1 Å². The number of anilines is 1. The first-order chi connectivity index (χ1) is 8.30. The van der Waals surface area contributed by atoms with E-state index < -0.39 is 11.7 Å². The third-order valence-electron chi connectivity index (χ3n) is 3.98. The van der Waals surface area contributed by atoms with Gasteiger partial charge < -0.3 is 5.32 Å². The molecule has 1 aliphatic rings. The van der Waals surface area contributed by atoms with E-state index in [1.54, 1.807) is 6.07 Å². The van der Waals surface area contributed by atoms with Crippen molar-refractivity contribution in [2.24, 2.45) is 11.8 Å². The maximum Gasteiger partial charge on any atom is 0.416 e. The van der Waals surface area contributed by atoms with E-state index in [1.165, 1.54) is 6.07 Å². The predicted molar refractivity (Wildman–Crippen MR) is 66.7 cm³/mol. The number of benzene rings is 1. The van der Waals surface area contributed by atoms with Crippen LogP contribution >= 0.6 is 0 Å². The van der Waals surface area contributed by atoms with E-state index in [0.29, 0.717) is 11.8 Å². The van der Waals surface area contributed by atoms with Crippen molar-refractivity contribution in [2.75, 3.05) is 11.9 Å². The smallest absolute Gasteiger partial charge is 0.384 e. The summed E-state index contributed by atoms with van der Waals surface area (Å²) in [5.41, 5.74) is 1.11. The summed E-state index contributed by atoms with van der Waals surface area (Å²) in [6.45, 7) is 7.05. The molecule has 18 heavy (non-hydrogen) atoms. The van der Waals surface area contributed by atoms with Gasteiger partial charge in [-0.2, -0.15) is 13.2 Å². The van der Waals surface area contributed by atoms with E-state index in [-0.39, 0.29) is 5.92 Å². The Kier molecular flexibility index (Phi) is 3.30. The van der Waals surface area contributed by atoms with Gasteiger partial charge >= 0.3 is 6.18 Å². The zero-order chi connectivity index (χ0) is 13.5. The molecule has 1 heterocycles. The third-order valence-corrected chi connectivity index (χ3v) is 3.98. The molecular weight excluding hydrogens is 239 g/mol. The molecule has 0 saturated carbocycles. The molecule has 2 unspecified atom stereocenters. The average molecular weight is 257 g/mol. The summed E-state index contributed by atoms with van der Waals surface area (Å²) >= 11 is 0. The molecule has 0 radical (unpaired) electrons. The fraction of sp³-hybridized carbons (Fsp3) is 0.571. The van der Waals surface area contributed by atoms with Gasteiger partial charge in [0.15, 0.2) is 0 Å². The van der Waals surface area contributed by atoms with Crippen LogP contribution in [0.2, 0.25) is 0 Å². The maximum atomic E-state index is 12.7. The van der Waals surface area contributed by atoms with Crippen molar-refractivity contribution in [1.82, 2.24) is 0 Å². The lowest BCUT2D eigenvalue weighted by Crippen LogP contribution is -2.17. The molecule has 2 atom stereocenters. The van der Waals surface area contributed by atoms with Gasteiger partial charge in [0.2, 0.25) is 0 Å².